The second kappa shape index (κ2) is 9.25. The molecule has 0 aliphatic carbocycles. The van der Waals surface area contributed by atoms with Crippen LogP contribution in [0.3, 0.4) is 0 Å². The van der Waals surface area contributed by atoms with Crippen molar-refractivity contribution in [2.75, 3.05) is 39.5 Å². The molecule has 6 heteroatoms. The molecular formula is C22H24N2O4. The van der Waals surface area contributed by atoms with Crippen molar-refractivity contribution in [3.63, 3.8) is 0 Å². The van der Waals surface area contributed by atoms with Gasteiger partial charge in [0.15, 0.2) is 0 Å². The van der Waals surface area contributed by atoms with Gasteiger partial charge in [-0.3, -0.25) is 4.79 Å². The van der Waals surface area contributed by atoms with Gasteiger partial charge in [-0.2, -0.15) is 5.26 Å². The fraction of sp³-hybridized carbons (Fsp3) is 0.364. The van der Waals surface area contributed by atoms with Crippen LogP contribution in [0.5, 0.6) is 11.5 Å². The summed E-state index contributed by atoms with van der Waals surface area (Å²) in [5.74, 6) is 1.08. The molecule has 0 bridgehead atoms. The molecule has 1 heterocycles. The Bertz CT molecular complexity index is 919. The lowest BCUT2D eigenvalue weighted by molar-refractivity contribution is -0.130. The minimum atomic E-state index is -0.286. The first-order valence-corrected chi connectivity index (χ1v) is 9.49. The maximum atomic E-state index is 12.8. The van der Waals surface area contributed by atoms with Crippen molar-refractivity contribution in [2.45, 2.75) is 13.8 Å². The van der Waals surface area contributed by atoms with E-state index in [0.717, 1.165) is 16.5 Å². The molecule has 1 amide bonds. The fourth-order valence-electron chi connectivity index (χ4n) is 3.21. The molecule has 0 aromatic heterocycles. The molecule has 0 radical (unpaired) electrons. The molecule has 0 unspecified atom stereocenters. The van der Waals surface area contributed by atoms with Crippen molar-refractivity contribution in [2.24, 2.45) is 0 Å². The average Bonchev–Trinajstić information content (AvgIpc) is 2.73. The van der Waals surface area contributed by atoms with Gasteiger partial charge in [0.1, 0.15) is 23.1 Å². The van der Waals surface area contributed by atoms with E-state index in [4.69, 9.17) is 14.2 Å². The summed E-state index contributed by atoms with van der Waals surface area (Å²) in [5, 5.41) is 11.5. The Morgan fingerprint density at radius 1 is 1.18 bits per heavy atom. The van der Waals surface area contributed by atoms with Gasteiger partial charge in [-0.15, -0.1) is 0 Å². The first kappa shape index (κ1) is 19.7. The third-order valence-corrected chi connectivity index (χ3v) is 4.54. The van der Waals surface area contributed by atoms with Crippen LogP contribution in [0.15, 0.2) is 35.9 Å². The number of fused-ring (bicyclic) bond motifs is 1. The number of amides is 1. The molecule has 6 nitrogen and oxygen atoms in total. The van der Waals surface area contributed by atoms with Gasteiger partial charge in [0.05, 0.1) is 26.4 Å². The van der Waals surface area contributed by atoms with E-state index in [2.05, 4.69) is 6.07 Å². The van der Waals surface area contributed by atoms with E-state index in [1.165, 1.54) is 0 Å². The molecular weight excluding hydrogens is 356 g/mol. The molecule has 2 aromatic rings. The second-order valence-corrected chi connectivity index (χ2v) is 6.30. The van der Waals surface area contributed by atoms with Crippen LogP contribution < -0.4 is 9.47 Å². The van der Waals surface area contributed by atoms with E-state index in [1.807, 2.05) is 44.2 Å². The predicted molar refractivity (Wildman–Crippen MR) is 107 cm³/mol. The van der Waals surface area contributed by atoms with Crippen LogP contribution in [0.1, 0.15) is 19.4 Å². The molecule has 0 atom stereocenters. The first-order valence-electron chi connectivity index (χ1n) is 9.49. The van der Waals surface area contributed by atoms with Crippen LogP contribution in [-0.4, -0.2) is 50.3 Å². The largest absolute Gasteiger partial charge is 0.494 e. The van der Waals surface area contributed by atoms with Crippen molar-refractivity contribution in [3.8, 4) is 17.6 Å². The lowest BCUT2D eigenvalue weighted by Gasteiger charge is -2.26. The van der Waals surface area contributed by atoms with Gasteiger partial charge in [0, 0.05) is 18.7 Å². The number of nitrogens with zero attached hydrogens (tertiary/aromatic N) is 2. The summed E-state index contributed by atoms with van der Waals surface area (Å²) in [6, 6.07) is 11.7. The van der Waals surface area contributed by atoms with Crippen LogP contribution in [0.2, 0.25) is 0 Å². The van der Waals surface area contributed by atoms with Gasteiger partial charge in [-0.1, -0.05) is 12.1 Å². The van der Waals surface area contributed by atoms with Crippen molar-refractivity contribution in [3.05, 3.63) is 41.5 Å². The third kappa shape index (κ3) is 4.26. The Morgan fingerprint density at radius 3 is 2.57 bits per heavy atom. The number of rotatable bonds is 6. The molecule has 1 aliphatic heterocycles. The highest BCUT2D eigenvalue weighted by Gasteiger charge is 2.21. The Balaban J connectivity index is 2.10. The summed E-state index contributed by atoms with van der Waals surface area (Å²) in [7, 11) is 0. The normalized spacial score (nSPS) is 14.6. The summed E-state index contributed by atoms with van der Waals surface area (Å²) >= 11 is 0. The van der Waals surface area contributed by atoms with Crippen LogP contribution in [0.4, 0.5) is 0 Å². The van der Waals surface area contributed by atoms with Crippen LogP contribution >= 0.6 is 0 Å². The Kier molecular flexibility index (Phi) is 6.51. The quantitative estimate of drug-likeness (QED) is 0.567. The second-order valence-electron chi connectivity index (χ2n) is 6.30. The molecule has 146 valence electrons. The smallest absolute Gasteiger partial charge is 0.264 e. The van der Waals surface area contributed by atoms with Crippen LogP contribution in [-0.2, 0) is 9.53 Å². The summed E-state index contributed by atoms with van der Waals surface area (Å²) in [4.78, 5) is 14.5. The average molecular weight is 380 g/mol. The summed E-state index contributed by atoms with van der Waals surface area (Å²) in [6.07, 6.45) is 1.63. The summed E-state index contributed by atoms with van der Waals surface area (Å²) < 4.78 is 16.7. The molecule has 0 N–H and O–H groups in total. The van der Waals surface area contributed by atoms with E-state index in [0.29, 0.717) is 50.8 Å². The van der Waals surface area contributed by atoms with Crippen molar-refractivity contribution in [1.82, 2.24) is 4.90 Å². The molecule has 28 heavy (non-hydrogen) atoms. The standard InChI is InChI=1S/C22H24N2O4/c1-3-27-18-7-5-16-6-8-21(28-4-2)20(19(16)14-18)13-17(15-23)22(25)24-9-11-26-12-10-24/h5-8,13-14H,3-4,9-12H2,1-2H3/b17-13-. The van der Waals surface area contributed by atoms with E-state index >= 15 is 0 Å². The number of morpholine rings is 1. The van der Waals surface area contributed by atoms with E-state index in [-0.39, 0.29) is 11.5 Å². The lowest BCUT2D eigenvalue weighted by Crippen LogP contribution is -2.41. The highest BCUT2D eigenvalue weighted by Crippen LogP contribution is 2.33. The summed E-state index contributed by atoms with van der Waals surface area (Å²) in [6.45, 7) is 6.81. The molecule has 1 aliphatic rings. The first-order chi connectivity index (χ1) is 13.7. The Morgan fingerprint density at radius 2 is 1.89 bits per heavy atom. The third-order valence-electron chi connectivity index (χ3n) is 4.54. The van der Waals surface area contributed by atoms with Crippen molar-refractivity contribution >= 4 is 22.8 Å². The highest BCUT2D eigenvalue weighted by atomic mass is 16.5. The van der Waals surface area contributed by atoms with Gasteiger partial charge < -0.3 is 19.1 Å². The monoisotopic (exact) mass is 380 g/mol. The lowest BCUT2D eigenvalue weighted by atomic mass is 10.0. The van der Waals surface area contributed by atoms with E-state index in [9.17, 15) is 10.1 Å². The highest BCUT2D eigenvalue weighted by molar-refractivity contribution is 6.05. The predicted octanol–water partition coefficient (Wildman–Crippen LogP) is 3.40. The summed E-state index contributed by atoms with van der Waals surface area (Å²) in [5.41, 5.74) is 0.788. The zero-order valence-electron chi connectivity index (χ0n) is 16.2. The number of ether oxygens (including phenoxy) is 3. The number of hydrogen-bond donors (Lipinski definition) is 0. The Labute approximate surface area is 164 Å². The topological polar surface area (TPSA) is 71.8 Å². The van der Waals surface area contributed by atoms with Crippen LogP contribution in [0.25, 0.3) is 16.8 Å². The molecule has 0 saturated carbocycles. The van der Waals surface area contributed by atoms with Gasteiger partial charge in [0.2, 0.25) is 0 Å². The van der Waals surface area contributed by atoms with Gasteiger partial charge >= 0.3 is 0 Å². The number of carbonyl (C=O) groups is 1. The minimum absolute atomic E-state index is 0.0807. The zero-order chi connectivity index (χ0) is 19.9. The molecule has 0 spiro atoms. The van der Waals surface area contributed by atoms with Gasteiger partial charge in [0.25, 0.3) is 5.91 Å². The van der Waals surface area contributed by atoms with Gasteiger partial charge in [-0.25, -0.2) is 0 Å². The van der Waals surface area contributed by atoms with E-state index < -0.39 is 0 Å². The number of nitriles is 1. The number of benzene rings is 2. The minimum Gasteiger partial charge on any atom is -0.494 e. The maximum absolute atomic E-state index is 12.8. The van der Waals surface area contributed by atoms with E-state index in [1.54, 1.807) is 11.0 Å². The van der Waals surface area contributed by atoms with Crippen molar-refractivity contribution in [1.29, 1.82) is 5.26 Å². The van der Waals surface area contributed by atoms with Crippen LogP contribution in [0, 0.1) is 11.3 Å². The van der Waals surface area contributed by atoms with Crippen molar-refractivity contribution < 1.29 is 19.0 Å². The Hall–Kier alpha value is -3.04. The molecule has 1 saturated heterocycles. The zero-order valence-corrected chi connectivity index (χ0v) is 16.2. The maximum Gasteiger partial charge on any atom is 0.264 e. The molecule has 3 rings (SSSR count). The number of carbonyl (C=O) groups excluding carboxylic acids is 1. The molecule has 1 fully saturated rings. The number of hydrogen-bond acceptors (Lipinski definition) is 5. The van der Waals surface area contributed by atoms with Gasteiger partial charge in [-0.05, 0) is 48.9 Å². The SMILES string of the molecule is CCOc1ccc2ccc(OCC)c(/C=C(/C#N)C(=O)N3CCOCC3)c2c1. The fourth-order valence-corrected chi connectivity index (χ4v) is 3.21. The molecule has 2 aromatic carbocycles.